The van der Waals surface area contributed by atoms with Crippen LogP contribution in [0.2, 0.25) is 0 Å². The van der Waals surface area contributed by atoms with Crippen LogP contribution in [-0.4, -0.2) is 59.6 Å². The van der Waals surface area contributed by atoms with Crippen LogP contribution in [-0.2, 0) is 23.9 Å². The summed E-state index contributed by atoms with van der Waals surface area (Å²) in [5.74, 6) is -0.808. The molecule has 1 rings (SSSR count). The van der Waals surface area contributed by atoms with Gasteiger partial charge in [-0.05, 0) is 85.3 Å². The average molecular weight is 548 g/mol. The lowest BCUT2D eigenvalue weighted by atomic mass is 9.94. The Balaban J connectivity index is 3.46. The van der Waals surface area contributed by atoms with E-state index in [1.807, 2.05) is 39.0 Å². The van der Waals surface area contributed by atoms with E-state index in [-0.39, 0.29) is 25.6 Å². The van der Waals surface area contributed by atoms with Crippen LogP contribution < -0.4 is 10.6 Å². The Bertz CT molecular complexity index is 985. The van der Waals surface area contributed by atoms with Gasteiger partial charge in [0.05, 0.1) is 13.0 Å². The summed E-state index contributed by atoms with van der Waals surface area (Å²) in [5, 5.41) is 5.46. The molecule has 0 saturated carbocycles. The number of carbonyl (C=O) groups is 4. The number of nitrogens with one attached hydrogen (secondary N) is 2. The maximum Gasteiger partial charge on any atom is 0.408 e. The van der Waals surface area contributed by atoms with E-state index in [9.17, 15) is 19.2 Å². The van der Waals surface area contributed by atoms with Crippen molar-refractivity contribution in [3.05, 3.63) is 34.9 Å². The molecule has 0 aliphatic rings. The fourth-order valence-electron chi connectivity index (χ4n) is 4.25. The molecule has 0 aliphatic carbocycles. The third kappa shape index (κ3) is 11.7. The van der Waals surface area contributed by atoms with Gasteiger partial charge in [0, 0.05) is 12.6 Å². The second kappa shape index (κ2) is 15.5. The van der Waals surface area contributed by atoms with Crippen LogP contribution in [0.5, 0.6) is 0 Å². The number of amides is 3. The molecular weight excluding hydrogens is 498 g/mol. The summed E-state index contributed by atoms with van der Waals surface area (Å²) >= 11 is 0. The molecule has 3 atom stereocenters. The minimum absolute atomic E-state index is 0.0205. The second-order valence-electron chi connectivity index (χ2n) is 11.5. The Morgan fingerprint density at radius 3 is 2.18 bits per heavy atom. The number of alkyl carbamates (subject to hydrolysis) is 1. The second-order valence-corrected chi connectivity index (χ2v) is 11.5. The van der Waals surface area contributed by atoms with Crippen LogP contribution in [0.25, 0.3) is 0 Å². The predicted molar refractivity (Wildman–Crippen MR) is 152 cm³/mol. The number of hydrogen-bond acceptors (Lipinski definition) is 6. The lowest BCUT2D eigenvalue weighted by Gasteiger charge is -2.38. The van der Waals surface area contributed by atoms with Crippen molar-refractivity contribution in [3.8, 4) is 0 Å². The van der Waals surface area contributed by atoms with Crippen molar-refractivity contribution in [1.29, 1.82) is 0 Å². The molecule has 0 heterocycles. The first-order chi connectivity index (χ1) is 18.1. The standard InChI is InChI=1S/C30H49N3O6/c1-11-38-25(34)16-17-31-27(35)26(24-15-13-20(4)18-21(24)5)33(22(6)14-12-19(2)3)28(36)23(7)32-29(37)39-30(8,9)10/h13,15,18-19,22-23,26H,11-12,14,16-17H2,1-10H3,(H,31,35)(H,32,37). The molecule has 3 amide bonds. The van der Waals surface area contributed by atoms with Crippen molar-refractivity contribution >= 4 is 23.9 Å². The van der Waals surface area contributed by atoms with E-state index in [0.29, 0.717) is 17.9 Å². The van der Waals surface area contributed by atoms with Crippen LogP contribution in [0.4, 0.5) is 4.79 Å². The first-order valence-electron chi connectivity index (χ1n) is 13.9. The highest BCUT2D eigenvalue weighted by molar-refractivity contribution is 5.92. The first-order valence-corrected chi connectivity index (χ1v) is 13.9. The number of carbonyl (C=O) groups excluding carboxylic acids is 4. The Labute approximate surface area is 234 Å². The molecule has 0 radical (unpaired) electrons. The summed E-state index contributed by atoms with van der Waals surface area (Å²) in [5.41, 5.74) is 1.85. The number of ether oxygens (including phenoxy) is 2. The fourth-order valence-corrected chi connectivity index (χ4v) is 4.25. The SMILES string of the molecule is CCOC(=O)CCNC(=O)C(c1ccc(C)cc1C)N(C(=O)C(C)NC(=O)OC(C)(C)C)C(C)CCC(C)C. The third-order valence-electron chi connectivity index (χ3n) is 6.17. The normalized spacial score (nSPS) is 13.7. The maximum absolute atomic E-state index is 14.0. The smallest absolute Gasteiger partial charge is 0.408 e. The largest absolute Gasteiger partial charge is 0.466 e. The van der Waals surface area contributed by atoms with Crippen LogP contribution >= 0.6 is 0 Å². The van der Waals surface area contributed by atoms with Crippen LogP contribution in [0.3, 0.4) is 0 Å². The van der Waals surface area contributed by atoms with E-state index in [1.165, 1.54) is 0 Å². The summed E-state index contributed by atoms with van der Waals surface area (Å²) in [4.78, 5) is 53.7. The van der Waals surface area contributed by atoms with E-state index in [4.69, 9.17) is 9.47 Å². The van der Waals surface area contributed by atoms with E-state index in [1.54, 1.807) is 39.5 Å². The first kappa shape index (κ1) is 33.9. The number of aryl methyl sites for hydroxylation is 2. The highest BCUT2D eigenvalue weighted by Crippen LogP contribution is 2.30. The van der Waals surface area contributed by atoms with Gasteiger partial charge in [0.2, 0.25) is 11.8 Å². The van der Waals surface area contributed by atoms with Gasteiger partial charge >= 0.3 is 12.1 Å². The molecule has 2 N–H and O–H groups in total. The topological polar surface area (TPSA) is 114 Å². The number of esters is 1. The van der Waals surface area contributed by atoms with Gasteiger partial charge in [0.15, 0.2) is 0 Å². The lowest BCUT2D eigenvalue weighted by Crippen LogP contribution is -2.55. The molecule has 9 heteroatoms. The molecule has 9 nitrogen and oxygen atoms in total. The average Bonchev–Trinajstić information content (AvgIpc) is 2.79. The van der Waals surface area contributed by atoms with Crippen LogP contribution in [0.15, 0.2) is 18.2 Å². The minimum atomic E-state index is -0.967. The molecule has 1 aromatic rings. The molecule has 0 spiro atoms. The molecule has 0 fully saturated rings. The van der Waals surface area contributed by atoms with Gasteiger partial charge in [-0.1, -0.05) is 37.6 Å². The highest BCUT2D eigenvalue weighted by atomic mass is 16.6. The van der Waals surface area contributed by atoms with Crippen molar-refractivity contribution in [2.24, 2.45) is 5.92 Å². The third-order valence-corrected chi connectivity index (χ3v) is 6.17. The van der Waals surface area contributed by atoms with Gasteiger partial charge in [-0.2, -0.15) is 0 Å². The zero-order valence-electron chi connectivity index (χ0n) is 25.5. The number of nitrogens with zero attached hydrogens (tertiary/aromatic N) is 1. The van der Waals surface area contributed by atoms with Crippen molar-refractivity contribution in [2.45, 2.75) is 112 Å². The minimum Gasteiger partial charge on any atom is -0.466 e. The molecule has 0 aliphatic heterocycles. The summed E-state index contributed by atoms with van der Waals surface area (Å²) in [6.45, 7) is 18.9. The Morgan fingerprint density at radius 1 is 1.00 bits per heavy atom. The molecule has 220 valence electrons. The highest BCUT2D eigenvalue weighted by Gasteiger charge is 2.38. The molecule has 1 aromatic carbocycles. The zero-order chi connectivity index (χ0) is 29.9. The molecule has 0 aromatic heterocycles. The monoisotopic (exact) mass is 547 g/mol. The Hall–Kier alpha value is -3.10. The summed E-state index contributed by atoms with van der Waals surface area (Å²) in [6, 6.07) is 3.52. The van der Waals surface area contributed by atoms with Gasteiger partial charge in [0.25, 0.3) is 0 Å². The summed E-state index contributed by atoms with van der Waals surface area (Å²) < 4.78 is 10.3. The summed E-state index contributed by atoms with van der Waals surface area (Å²) in [6.07, 6.45) is 0.829. The molecule has 0 bridgehead atoms. The van der Waals surface area contributed by atoms with Gasteiger partial charge in [-0.25, -0.2) is 4.79 Å². The zero-order valence-corrected chi connectivity index (χ0v) is 25.5. The van der Waals surface area contributed by atoms with Gasteiger partial charge < -0.3 is 25.0 Å². The molecular formula is C30H49N3O6. The molecule has 3 unspecified atom stereocenters. The number of benzene rings is 1. The van der Waals surface area contributed by atoms with Gasteiger partial charge in [0.1, 0.15) is 17.7 Å². The quantitative estimate of drug-likeness (QED) is 0.337. The number of rotatable bonds is 13. The van der Waals surface area contributed by atoms with E-state index in [0.717, 1.165) is 17.5 Å². The Kier molecular flexibility index (Phi) is 13.5. The Morgan fingerprint density at radius 2 is 1.64 bits per heavy atom. The molecule has 0 saturated heterocycles. The molecule has 39 heavy (non-hydrogen) atoms. The van der Waals surface area contributed by atoms with Crippen molar-refractivity contribution in [1.82, 2.24) is 15.5 Å². The van der Waals surface area contributed by atoms with E-state index >= 15 is 0 Å². The van der Waals surface area contributed by atoms with E-state index < -0.39 is 41.6 Å². The van der Waals surface area contributed by atoms with Crippen molar-refractivity contribution in [2.75, 3.05) is 13.2 Å². The van der Waals surface area contributed by atoms with E-state index in [2.05, 4.69) is 24.5 Å². The predicted octanol–water partition coefficient (Wildman–Crippen LogP) is 4.98. The van der Waals surface area contributed by atoms with Crippen LogP contribution in [0, 0.1) is 19.8 Å². The van der Waals surface area contributed by atoms with Crippen molar-refractivity contribution in [3.63, 3.8) is 0 Å². The van der Waals surface area contributed by atoms with Gasteiger partial charge in [-0.3, -0.25) is 14.4 Å². The fraction of sp³-hybridized carbons (Fsp3) is 0.667. The maximum atomic E-state index is 14.0. The lowest BCUT2D eigenvalue weighted by molar-refractivity contribution is -0.146. The summed E-state index contributed by atoms with van der Waals surface area (Å²) in [7, 11) is 0. The number of hydrogen-bond donors (Lipinski definition) is 2. The van der Waals surface area contributed by atoms with Crippen molar-refractivity contribution < 1.29 is 28.7 Å². The van der Waals surface area contributed by atoms with Gasteiger partial charge in [-0.15, -0.1) is 0 Å². The van der Waals surface area contributed by atoms with Crippen LogP contribution in [0.1, 0.15) is 97.4 Å².